The number of para-hydroxylation sites is 1. The number of fused-ring (bicyclic) bond motifs is 2. The summed E-state index contributed by atoms with van der Waals surface area (Å²) in [5, 5.41) is 9.28. The van der Waals surface area contributed by atoms with Gasteiger partial charge in [-0.25, -0.2) is 4.79 Å². The van der Waals surface area contributed by atoms with Gasteiger partial charge in [-0.05, 0) is 18.2 Å². The first kappa shape index (κ1) is 12.2. The monoisotopic (exact) mass is 269 g/mol. The predicted octanol–water partition coefficient (Wildman–Crippen LogP) is 2.11. The Labute approximate surface area is 114 Å². The molecule has 0 spiro atoms. The number of nitrogens with two attached hydrogens (primary N) is 1. The van der Waals surface area contributed by atoms with Crippen molar-refractivity contribution in [3.05, 3.63) is 59.2 Å². The van der Waals surface area contributed by atoms with Crippen LogP contribution in [0, 0.1) is 0 Å². The van der Waals surface area contributed by atoms with Crippen LogP contribution in [-0.2, 0) is 4.79 Å². The lowest BCUT2D eigenvalue weighted by Crippen LogP contribution is -2.27. The Balaban J connectivity index is 2.30. The Kier molecular flexibility index (Phi) is 2.68. The average molecular weight is 269 g/mol. The van der Waals surface area contributed by atoms with Gasteiger partial charge in [0, 0.05) is 11.1 Å². The summed E-state index contributed by atoms with van der Waals surface area (Å²) in [6, 6.07) is 11.6. The highest BCUT2D eigenvalue weighted by Gasteiger charge is 2.34. The fraction of sp³-hybridized carbons (Fsp3) is 0.0667. The Bertz CT molecular complexity index is 724. The van der Waals surface area contributed by atoms with E-state index in [1.165, 1.54) is 6.07 Å². The minimum atomic E-state index is -1.11. The molecule has 0 aromatic heterocycles. The van der Waals surface area contributed by atoms with Gasteiger partial charge in [0.2, 0.25) is 5.91 Å². The average Bonchev–Trinajstić information content (AvgIpc) is 2.43. The van der Waals surface area contributed by atoms with E-state index in [1.54, 1.807) is 36.4 Å². The summed E-state index contributed by atoms with van der Waals surface area (Å²) < 4.78 is 5.68. The number of carbonyl (C=O) groups is 2. The first-order chi connectivity index (χ1) is 9.59. The first-order valence-electron chi connectivity index (χ1n) is 6.02. The van der Waals surface area contributed by atoms with Gasteiger partial charge in [-0.1, -0.05) is 24.3 Å². The largest absolute Gasteiger partial charge is 0.478 e. The van der Waals surface area contributed by atoms with E-state index in [2.05, 4.69) is 0 Å². The van der Waals surface area contributed by atoms with Gasteiger partial charge in [-0.2, -0.15) is 0 Å². The number of primary amides is 1. The maximum atomic E-state index is 11.8. The highest BCUT2D eigenvalue weighted by Crippen LogP contribution is 2.45. The van der Waals surface area contributed by atoms with E-state index in [1.807, 2.05) is 0 Å². The lowest BCUT2D eigenvalue weighted by molar-refractivity contribution is -0.118. The van der Waals surface area contributed by atoms with Crippen molar-refractivity contribution in [2.24, 2.45) is 5.73 Å². The van der Waals surface area contributed by atoms with Crippen LogP contribution >= 0.6 is 0 Å². The molecular weight excluding hydrogens is 258 g/mol. The normalized spacial score (nSPS) is 15.7. The van der Waals surface area contributed by atoms with Gasteiger partial charge in [0.15, 0.2) is 0 Å². The molecule has 20 heavy (non-hydrogen) atoms. The van der Waals surface area contributed by atoms with Crippen LogP contribution in [-0.4, -0.2) is 17.0 Å². The highest BCUT2D eigenvalue weighted by molar-refractivity contribution is 5.96. The molecule has 1 aliphatic rings. The fourth-order valence-corrected chi connectivity index (χ4v) is 2.50. The van der Waals surface area contributed by atoms with Gasteiger partial charge in [0.25, 0.3) is 0 Å². The van der Waals surface area contributed by atoms with Crippen LogP contribution < -0.4 is 10.5 Å². The molecule has 3 rings (SSSR count). The second kappa shape index (κ2) is 4.38. The third kappa shape index (κ3) is 1.72. The fourth-order valence-electron chi connectivity index (χ4n) is 2.50. The van der Waals surface area contributed by atoms with Gasteiger partial charge in [0.05, 0.1) is 11.5 Å². The second-order valence-corrected chi connectivity index (χ2v) is 4.50. The zero-order chi connectivity index (χ0) is 14.3. The molecule has 0 aliphatic carbocycles. The summed E-state index contributed by atoms with van der Waals surface area (Å²) in [7, 11) is 0. The second-order valence-electron chi connectivity index (χ2n) is 4.50. The van der Waals surface area contributed by atoms with E-state index < -0.39 is 17.8 Å². The van der Waals surface area contributed by atoms with E-state index in [4.69, 9.17) is 10.5 Å². The lowest BCUT2D eigenvalue weighted by Gasteiger charge is -2.27. The van der Waals surface area contributed by atoms with Crippen molar-refractivity contribution in [1.29, 1.82) is 0 Å². The number of carboxylic acids is 1. The summed E-state index contributed by atoms with van der Waals surface area (Å²) in [6.45, 7) is 0. The Morgan fingerprint density at radius 2 is 1.75 bits per heavy atom. The van der Waals surface area contributed by atoms with E-state index >= 15 is 0 Å². The Hall–Kier alpha value is -2.82. The van der Waals surface area contributed by atoms with Crippen LogP contribution in [0.25, 0.3) is 0 Å². The molecule has 2 aromatic carbocycles. The topological polar surface area (TPSA) is 89.6 Å². The molecule has 5 nitrogen and oxygen atoms in total. The number of carbonyl (C=O) groups excluding carboxylic acids is 1. The number of hydrogen-bond acceptors (Lipinski definition) is 3. The third-order valence-corrected chi connectivity index (χ3v) is 3.32. The molecule has 5 heteroatoms. The van der Waals surface area contributed by atoms with Crippen LogP contribution in [0.3, 0.4) is 0 Å². The number of hydrogen-bond donors (Lipinski definition) is 2. The quantitative estimate of drug-likeness (QED) is 0.873. The molecule has 1 atom stereocenters. The predicted molar refractivity (Wildman–Crippen MR) is 71.0 cm³/mol. The SMILES string of the molecule is NC(=O)C1c2ccccc2Oc2cccc(C(=O)O)c21. The van der Waals surface area contributed by atoms with Crippen molar-refractivity contribution < 1.29 is 19.4 Å². The summed E-state index contributed by atoms with van der Waals surface area (Å²) >= 11 is 0. The molecule has 1 aliphatic heterocycles. The molecule has 0 saturated carbocycles. The van der Waals surface area contributed by atoms with Gasteiger partial charge < -0.3 is 15.6 Å². The highest BCUT2D eigenvalue weighted by atomic mass is 16.5. The molecule has 0 radical (unpaired) electrons. The van der Waals surface area contributed by atoms with Gasteiger partial charge in [-0.15, -0.1) is 0 Å². The van der Waals surface area contributed by atoms with Crippen molar-refractivity contribution >= 4 is 11.9 Å². The zero-order valence-corrected chi connectivity index (χ0v) is 10.4. The van der Waals surface area contributed by atoms with Crippen LogP contribution in [0.4, 0.5) is 0 Å². The van der Waals surface area contributed by atoms with Crippen molar-refractivity contribution in [1.82, 2.24) is 0 Å². The number of rotatable bonds is 2. The van der Waals surface area contributed by atoms with Crippen molar-refractivity contribution in [2.75, 3.05) is 0 Å². The molecule has 1 unspecified atom stereocenters. The zero-order valence-electron chi connectivity index (χ0n) is 10.4. The minimum Gasteiger partial charge on any atom is -0.478 e. The minimum absolute atomic E-state index is 0.0285. The van der Waals surface area contributed by atoms with Crippen molar-refractivity contribution in [3.8, 4) is 11.5 Å². The summed E-state index contributed by atoms with van der Waals surface area (Å²) in [4.78, 5) is 23.2. The molecule has 1 amide bonds. The number of aromatic carboxylic acids is 1. The number of amides is 1. The smallest absolute Gasteiger partial charge is 0.336 e. The van der Waals surface area contributed by atoms with Gasteiger partial charge in [-0.3, -0.25) is 4.79 Å². The lowest BCUT2D eigenvalue weighted by atomic mass is 9.84. The first-order valence-corrected chi connectivity index (χ1v) is 6.02. The van der Waals surface area contributed by atoms with Gasteiger partial charge in [0.1, 0.15) is 11.5 Å². The number of benzene rings is 2. The molecule has 0 fully saturated rings. The number of carboxylic acid groups (broad SMARTS) is 1. The Morgan fingerprint density at radius 1 is 1.05 bits per heavy atom. The third-order valence-electron chi connectivity index (χ3n) is 3.32. The molecule has 3 N–H and O–H groups in total. The standard InChI is InChI=1S/C15H11NO4/c16-14(17)13-8-4-1-2-6-10(8)20-11-7-3-5-9(12(11)13)15(18)19/h1-7,13H,(H2,16,17)(H,18,19). The molecular formula is C15H11NO4. The molecule has 0 bridgehead atoms. The molecule has 0 saturated heterocycles. The van der Waals surface area contributed by atoms with Crippen LogP contribution in [0.2, 0.25) is 0 Å². The number of ether oxygens (including phenoxy) is 1. The summed E-state index contributed by atoms with van der Waals surface area (Å²) in [5.74, 6) is -1.66. The van der Waals surface area contributed by atoms with E-state index in [-0.39, 0.29) is 5.56 Å². The maximum absolute atomic E-state index is 11.8. The Morgan fingerprint density at radius 3 is 2.45 bits per heavy atom. The van der Waals surface area contributed by atoms with Gasteiger partial charge >= 0.3 is 5.97 Å². The molecule has 2 aromatic rings. The van der Waals surface area contributed by atoms with Crippen molar-refractivity contribution in [3.63, 3.8) is 0 Å². The van der Waals surface area contributed by atoms with Crippen LogP contribution in [0.15, 0.2) is 42.5 Å². The van der Waals surface area contributed by atoms with E-state index in [0.29, 0.717) is 22.6 Å². The molecule has 100 valence electrons. The van der Waals surface area contributed by atoms with E-state index in [0.717, 1.165) is 0 Å². The summed E-state index contributed by atoms with van der Waals surface area (Å²) in [5.41, 5.74) is 6.40. The van der Waals surface area contributed by atoms with Crippen LogP contribution in [0.1, 0.15) is 27.4 Å². The summed E-state index contributed by atoms with van der Waals surface area (Å²) in [6.07, 6.45) is 0. The molecule has 1 heterocycles. The maximum Gasteiger partial charge on any atom is 0.336 e. The van der Waals surface area contributed by atoms with E-state index in [9.17, 15) is 14.7 Å². The van der Waals surface area contributed by atoms with Crippen LogP contribution in [0.5, 0.6) is 11.5 Å². The van der Waals surface area contributed by atoms with Crippen molar-refractivity contribution in [2.45, 2.75) is 5.92 Å².